The fraction of sp³-hybridized carbons (Fsp3) is 0.188. The molecule has 2 N–H and O–H groups in total. The molecule has 2 rings (SSSR count). The van der Waals surface area contributed by atoms with Crippen molar-refractivity contribution in [1.82, 2.24) is 0 Å². The first kappa shape index (κ1) is 13.1. The van der Waals surface area contributed by atoms with E-state index in [1.807, 2.05) is 43.4 Å². The molecule has 0 saturated heterocycles. The van der Waals surface area contributed by atoms with Crippen molar-refractivity contribution in [3.8, 4) is 6.07 Å². The summed E-state index contributed by atoms with van der Waals surface area (Å²) in [6, 6.07) is 20.0. The molecule has 0 saturated carbocycles. The van der Waals surface area contributed by atoms with Gasteiger partial charge in [0.2, 0.25) is 0 Å². The van der Waals surface area contributed by atoms with E-state index in [1.54, 1.807) is 6.07 Å². The summed E-state index contributed by atoms with van der Waals surface area (Å²) in [6.45, 7) is 0.525. The summed E-state index contributed by atoms with van der Waals surface area (Å²) in [7, 11) is 2.00. The Labute approximate surface area is 113 Å². The fourth-order valence-corrected chi connectivity index (χ4v) is 2.17. The van der Waals surface area contributed by atoms with Crippen LogP contribution in [-0.4, -0.2) is 13.6 Å². The lowest BCUT2D eigenvalue weighted by Gasteiger charge is -2.29. The lowest BCUT2D eigenvalue weighted by molar-refractivity contribution is 0.681. The van der Waals surface area contributed by atoms with Crippen molar-refractivity contribution in [3.05, 3.63) is 65.7 Å². The van der Waals surface area contributed by atoms with Crippen LogP contribution in [0, 0.1) is 11.3 Å². The first-order valence-corrected chi connectivity index (χ1v) is 6.24. The molecule has 96 valence electrons. The number of nitrogens with two attached hydrogens (primary N) is 1. The van der Waals surface area contributed by atoms with E-state index in [0.29, 0.717) is 12.1 Å². The maximum Gasteiger partial charge on any atom is 0.0992 e. The molecule has 3 heteroatoms. The Bertz CT molecular complexity index is 572. The van der Waals surface area contributed by atoms with Crippen LogP contribution in [-0.2, 0) is 0 Å². The van der Waals surface area contributed by atoms with Crippen molar-refractivity contribution in [2.45, 2.75) is 6.04 Å². The second kappa shape index (κ2) is 6.03. The molecule has 0 fully saturated rings. The minimum absolute atomic E-state index is 0.107. The molecule has 2 aromatic rings. The van der Waals surface area contributed by atoms with E-state index in [4.69, 9.17) is 11.0 Å². The number of anilines is 1. The third kappa shape index (κ3) is 2.93. The topological polar surface area (TPSA) is 53.0 Å². The van der Waals surface area contributed by atoms with E-state index in [2.05, 4.69) is 23.1 Å². The maximum atomic E-state index is 8.96. The zero-order valence-corrected chi connectivity index (χ0v) is 11.0. The summed E-state index contributed by atoms with van der Waals surface area (Å²) in [5.41, 5.74) is 8.74. The van der Waals surface area contributed by atoms with E-state index in [9.17, 15) is 0 Å². The molecule has 0 heterocycles. The van der Waals surface area contributed by atoms with Gasteiger partial charge in [0.15, 0.2) is 0 Å². The van der Waals surface area contributed by atoms with Crippen LogP contribution in [0.15, 0.2) is 54.6 Å². The van der Waals surface area contributed by atoms with Crippen molar-refractivity contribution in [2.75, 3.05) is 18.5 Å². The molecule has 0 aliphatic carbocycles. The molecule has 0 aliphatic heterocycles. The summed E-state index contributed by atoms with van der Waals surface area (Å²) >= 11 is 0. The van der Waals surface area contributed by atoms with Crippen LogP contribution >= 0.6 is 0 Å². The van der Waals surface area contributed by atoms with Crippen LogP contribution in [0.25, 0.3) is 0 Å². The quantitative estimate of drug-likeness (QED) is 0.909. The van der Waals surface area contributed by atoms with Crippen LogP contribution in [0.3, 0.4) is 0 Å². The lowest BCUT2D eigenvalue weighted by Crippen LogP contribution is -2.30. The van der Waals surface area contributed by atoms with Gasteiger partial charge in [0.1, 0.15) is 0 Å². The third-order valence-corrected chi connectivity index (χ3v) is 3.26. The number of nitrogens with zero attached hydrogens (tertiary/aromatic N) is 2. The predicted octanol–water partition coefficient (Wildman–Crippen LogP) is 2.69. The van der Waals surface area contributed by atoms with Gasteiger partial charge in [-0.15, -0.1) is 0 Å². The third-order valence-electron chi connectivity index (χ3n) is 3.26. The highest BCUT2D eigenvalue weighted by atomic mass is 15.1. The minimum Gasteiger partial charge on any atom is -0.366 e. The summed E-state index contributed by atoms with van der Waals surface area (Å²) in [5.74, 6) is 0. The van der Waals surface area contributed by atoms with Crippen LogP contribution in [0.4, 0.5) is 5.69 Å². The number of benzene rings is 2. The van der Waals surface area contributed by atoms with Crippen molar-refractivity contribution >= 4 is 5.69 Å². The Morgan fingerprint density at radius 3 is 2.53 bits per heavy atom. The van der Waals surface area contributed by atoms with Gasteiger partial charge in [-0.05, 0) is 23.8 Å². The van der Waals surface area contributed by atoms with Crippen LogP contribution < -0.4 is 10.6 Å². The van der Waals surface area contributed by atoms with E-state index in [-0.39, 0.29) is 6.04 Å². The molecule has 0 aliphatic rings. The summed E-state index contributed by atoms with van der Waals surface area (Å²) in [6.07, 6.45) is 0. The first-order valence-electron chi connectivity index (χ1n) is 6.24. The smallest absolute Gasteiger partial charge is 0.0992 e. The van der Waals surface area contributed by atoms with Gasteiger partial charge in [-0.25, -0.2) is 0 Å². The van der Waals surface area contributed by atoms with Gasteiger partial charge >= 0.3 is 0 Å². The lowest BCUT2D eigenvalue weighted by atomic mass is 10.0. The maximum absolute atomic E-state index is 8.96. The molecular weight excluding hydrogens is 234 g/mol. The van der Waals surface area contributed by atoms with Crippen LogP contribution in [0.2, 0.25) is 0 Å². The monoisotopic (exact) mass is 251 g/mol. The van der Waals surface area contributed by atoms with E-state index in [0.717, 1.165) is 5.69 Å². The zero-order valence-electron chi connectivity index (χ0n) is 11.0. The SMILES string of the molecule is CN(c1cccc(C#N)c1)C(CN)c1ccccc1. The molecular formula is C16H17N3. The van der Waals surface area contributed by atoms with Crippen LogP contribution in [0.5, 0.6) is 0 Å². The number of likely N-dealkylation sites (N-methyl/N-ethyl adjacent to an activating group) is 1. The van der Waals surface area contributed by atoms with Crippen molar-refractivity contribution in [2.24, 2.45) is 5.73 Å². The molecule has 0 aromatic heterocycles. The molecule has 1 atom stereocenters. The second-order valence-electron chi connectivity index (χ2n) is 4.44. The average Bonchev–Trinajstić information content (AvgIpc) is 2.49. The van der Waals surface area contributed by atoms with Gasteiger partial charge in [0.25, 0.3) is 0 Å². The standard InChI is InChI=1S/C16H17N3/c1-19(15-9-5-6-13(10-15)11-17)16(12-18)14-7-3-2-4-8-14/h2-10,16H,12,18H2,1H3. The largest absolute Gasteiger partial charge is 0.366 e. The Hall–Kier alpha value is -2.31. The zero-order chi connectivity index (χ0) is 13.7. The Balaban J connectivity index is 2.31. The van der Waals surface area contributed by atoms with Gasteiger partial charge < -0.3 is 10.6 Å². The minimum atomic E-state index is 0.107. The number of rotatable bonds is 4. The van der Waals surface area contributed by atoms with Crippen molar-refractivity contribution in [3.63, 3.8) is 0 Å². The van der Waals surface area contributed by atoms with E-state index >= 15 is 0 Å². The Morgan fingerprint density at radius 1 is 1.16 bits per heavy atom. The molecule has 0 amide bonds. The van der Waals surface area contributed by atoms with Crippen molar-refractivity contribution < 1.29 is 0 Å². The van der Waals surface area contributed by atoms with Crippen LogP contribution in [0.1, 0.15) is 17.2 Å². The Morgan fingerprint density at radius 2 is 1.89 bits per heavy atom. The number of hydrogen-bond acceptors (Lipinski definition) is 3. The van der Waals surface area contributed by atoms with E-state index < -0.39 is 0 Å². The van der Waals surface area contributed by atoms with Gasteiger partial charge in [0, 0.05) is 19.3 Å². The highest BCUT2D eigenvalue weighted by Crippen LogP contribution is 2.25. The normalized spacial score (nSPS) is 11.6. The van der Waals surface area contributed by atoms with Gasteiger partial charge in [-0.3, -0.25) is 0 Å². The van der Waals surface area contributed by atoms with Gasteiger partial charge in [-0.2, -0.15) is 5.26 Å². The second-order valence-corrected chi connectivity index (χ2v) is 4.44. The number of nitriles is 1. The fourth-order valence-electron chi connectivity index (χ4n) is 2.17. The summed E-state index contributed by atoms with van der Waals surface area (Å²) in [5, 5.41) is 8.96. The molecule has 0 bridgehead atoms. The molecule has 0 spiro atoms. The average molecular weight is 251 g/mol. The summed E-state index contributed by atoms with van der Waals surface area (Å²) < 4.78 is 0. The molecule has 0 radical (unpaired) electrons. The van der Waals surface area contributed by atoms with E-state index in [1.165, 1.54) is 5.56 Å². The summed E-state index contributed by atoms with van der Waals surface area (Å²) in [4.78, 5) is 2.11. The number of hydrogen-bond donors (Lipinski definition) is 1. The molecule has 19 heavy (non-hydrogen) atoms. The molecule has 1 unspecified atom stereocenters. The van der Waals surface area contributed by atoms with Gasteiger partial charge in [-0.1, -0.05) is 36.4 Å². The molecule has 3 nitrogen and oxygen atoms in total. The highest BCUT2D eigenvalue weighted by molar-refractivity contribution is 5.52. The predicted molar refractivity (Wildman–Crippen MR) is 77.8 cm³/mol. The van der Waals surface area contributed by atoms with Crippen molar-refractivity contribution in [1.29, 1.82) is 5.26 Å². The van der Waals surface area contributed by atoms with Gasteiger partial charge in [0.05, 0.1) is 17.7 Å². The first-order chi connectivity index (χ1) is 9.26. The Kier molecular flexibility index (Phi) is 4.17. The highest BCUT2D eigenvalue weighted by Gasteiger charge is 2.15. The molecule has 2 aromatic carbocycles.